The predicted molar refractivity (Wildman–Crippen MR) is 54.0 cm³/mol. The highest BCUT2D eigenvalue weighted by Crippen LogP contribution is 2.33. The summed E-state index contributed by atoms with van der Waals surface area (Å²) in [4.78, 5) is 0. The summed E-state index contributed by atoms with van der Waals surface area (Å²) >= 11 is 0. The van der Waals surface area contributed by atoms with E-state index < -0.39 is 0 Å². The molecule has 13 heavy (non-hydrogen) atoms. The molecule has 0 saturated heterocycles. The van der Waals surface area contributed by atoms with Crippen molar-refractivity contribution in [2.75, 3.05) is 0 Å². The van der Waals surface area contributed by atoms with Gasteiger partial charge >= 0.3 is 0 Å². The lowest BCUT2D eigenvalue weighted by atomic mass is 9.81. The molecule has 1 aliphatic carbocycles. The molecule has 0 amide bonds. The van der Waals surface area contributed by atoms with Crippen molar-refractivity contribution in [3.63, 3.8) is 0 Å². The van der Waals surface area contributed by atoms with E-state index in [0.717, 1.165) is 0 Å². The second-order valence-corrected chi connectivity index (χ2v) is 3.86. The summed E-state index contributed by atoms with van der Waals surface area (Å²) in [5.41, 5.74) is 5.74. The van der Waals surface area contributed by atoms with Gasteiger partial charge in [0, 0.05) is 6.04 Å². The van der Waals surface area contributed by atoms with Gasteiger partial charge in [0.25, 0.3) is 0 Å². The Morgan fingerprint density at radius 2 is 2.15 bits per heavy atom. The first-order valence-corrected chi connectivity index (χ1v) is 4.87. The number of aryl methyl sites for hydroxylation is 1. The van der Waals surface area contributed by atoms with Crippen molar-refractivity contribution in [1.29, 1.82) is 0 Å². The number of rotatable bonds is 1. The normalized spacial score (nSPS) is 26.9. The van der Waals surface area contributed by atoms with Gasteiger partial charge in [-0.05, 0) is 29.9 Å². The van der Waals surface area contributed by atoms with Crippen LogP contribution in [0, 0.1) is 5.92 Å². The van der Waals surface area contributed by atoms with Crippen LogP contribution in [-0.2, 0) is 6.42 Å². The van der Waals surface area contributed by atoms with Gasteiger partial charge in [-0.2, -0.15) is 0 Å². The summed E-state index contributed by atoms with van der Waals surface area (Å²) in [6.07, 6.45) is 2.42. The summed E-state index contributed by atoms with van der Waals surface area (Å²) in [6.45, 7) is 2.25. The van der Waals surface area contributed by atoms with Crippen LogP contribution in [0.1, 0.15) is 30.5 Å². The van der Waals surface area contributed by atoms with Crippen LogP contribution < -0.4 is 11.3 Å². The van der Waals surface area contributed by atoms with E-state index in [-0.39, 0.29) is 0 Å². The van der Waals surface area contributed by atoms with Gasteiger partial charge in [-0.15, -0.1) is 0 Å². The average molecular weight is 176 g/mol. The lowest BCUT2D eigenvalue weighted by Crippen LogP contribution is -2.35. The lowest BCUT2D eigenvalue weighted by molar-refractivity contribution is 0.349. The Bertz CT molecular complexity index is 296. The topological polar surface area (TPSA) is 38.0 Å². The summed E-state index contributed by atoms with van der Waals surface area (Å²) in [5.74, 6) is 6.20. The first kappa shape index (κ1) is 8.73. The van der Waals surface area contributed by atoms with E-state index in [1.165, 1.54) is 24.0 Å². The van der Waals surface area contributed by atoms with Gasteiger partial charge in [0.15, 0.2) is 0 Å². The van der Waals surface area contributed by atoms with Crippen molar-refractivity contribution in [2.45, 2.75) is 25.8 Å². The molecular weight excluding hydrogens is 160 g/mol. The molecule has 2 heteroatoms. The van der Waals surface area contributed by atoms with Gasteiger partial charge in [-0.25, -0.2) is 0 Å². The van der Waals surface area contributed by atoms with Crippen molar-refractivity contribution >= 4 is 0 Å². The van der Waals surface area contributed by atoms with Gasteiger partial charge in [0.05, 0.1) is 0 Å². The fourth-order valence-corrected chi connectivity index (χ4v) is 2.18. The number of nitrogens with two attached hydrogens (primary N) is 1. The highest BCUT2D eigenvalue weighted by Gasteiger charge is 2.24. The third kappa shape index (κ3) is 1.47. The number of hydrogen-bond acceptors (Lipinski definition) is 2. The molecule has 70 valence electrons. The molecule has 3 N–H and O–H groups in total. The quantitative estimate of drug-likeness (QED) is 0.505. The molecule has 0 bridgehead atoms. The van der Waals surface area contributed by atoms with Crippen LogP contribution in [-0.4, -0.2) is 0 Å². The zero-order valence-corrected chi connectivity index (χ0v) is 7.96. The second kappa shape index (κ2) is 3.48. The molecule has 1 aromatic rings. The highest BCUT2D eigenvalue weighted by atomic mass is 15.2. The maximum absolute atomic E-state index is 5.56. The molecule has 1 aromatic carbocycles. The third-order valence-corrected chi connectivity index (χ3v) is 3.01. The van der Waals surface area contributed by atoms with Crippen LogP contribution in [0.4, 0.5) is 0 Å². The number of hydrazine groups is 1. The first-order chi connectivity index (χ1) is 6.33. The molecule has 2 rings (SSSR count). The fourth-order valence-electron chi connectivity index (χ4n) is 2.18. The van der Waals surface area contributed by atoms with Gasteiger partial charge in [-0.1, -0.05) is 31.2 Å². The molecule has 2 unspecified atom stereocenters. The molecule has 0 aromatic heterocycles. The van der Waals surface area contributed by atoms with Gasteiger partial charge in [0.1, 0.15) is 0 Å². The van der Waals surface area contributed by atoms with Crippen LogP contribution in [0.25, 0.3) is 0 Å². The lowest BCUT2D eigenvalue weighted by Gasteiger charge is -2.30. The maximum atomic E-state index is 5.56. The van der Waals surface area contributed by atoms with Gasteiger partial charge in [0.2, 0.25) is 0 Å². The number of nitrogens with one attached hydrogen (secondary N) is 1. The molecule has 0 fully saturated rings. The number of benzene rings is 1. The van der Waals surface area contributed by atoms with E-state index in [0.29, 0.717) is 12.0 Å². The largest absolute Gasteiger partial charge is 0.271 e. The molecule has 0 saturated carbocycles. The molecule has 1 aliphatic rings. The Hall–Kier alpha value is -0.860. The van der Waals surface area contributed by atoms with E-state index in [9.17, 15) is 0 Å². The van der Waals surface area contributed by atoms with Crippen molar-refractivity contribution in [3.8, 4) is 0 Å². The van der Waals surface area contributed by atoms with E-state index in [1.54, 1.807) is 0 Å². The van der Waals surface area contributed by atoms with Crippen LogP contribution in [0.3, 0.4) is 0 Å². The van der Waals surface area contributed by atoms with Crippen molar-refractivity contribution in [2.24, 2.45) is 11.8 Å². The molecule has 2 nitrogen and oxygen atoms in total. The smallest absolute Gasteiger partial charge is 0.0488 e. The minimum Gasteiger partial charge on any atom is -0.271 e. The molecule has 0 heterocycles. The summed E-state index contributed by atoms with van der Waals surface area (Å²) in [5, 5.41) is 0. The first-order valence-electron chi connectivity index (χ1n) is 4.87. The molecule has 0 aliphatic heterocycles. The second-order valence-electron chi connectivity index (χ2n) is 3.86. The Kier molecular flexibility index (Phi) is 2.34. The minimum atomic E-state index is 0.338. The Labute approximate surface area is 79.1 Å². The summed E-state index contributed by atoms with van der Waals surface area (Å²) < 4.78 is 0. The Morgan fingerprint density at radius 1 is 1.38 bits per heavy atom. The SMILES string of the molecule is CC1CCc2ccccc2C1NN. The predicted octanol–water partition coefficient (Wildman–Crippen LogP) is 1.77. The van der Waals surface area contributed by atoms with Gasteiger partial charge < -0.3 is 0 Å². The van der Waals surface area contributed by atoms with E-state index in [2.05, 4.69) is 36.6 Å². The molecule has 2 atom stereocenters. The van der Waals surface area contributed by atoms with Gasteiger partial charge in [-0.3, -0.25) is 11.3 Å². The monoisotopic (exact) mass is 176 g/mol. The van der Waals surface area contributed by atoms with E-state index in [1.807, 2.05) is 0 Å². The zero-order valence-electron chi connectivity index (χ0n) is 7.96. The molecular formula is C11H16N2. The average Bonchev–Trinajstić information content (AvgIpc) is 2.18. The van der Waals surface area contributed by atoms with Crippen molar-refractivity contribution in [3.05, 3.63) is 35.4 Å². The van der Waals surface area contributed by atoms with Crippen LogP contribution in [0.2, 0.25) is 0 Å². The summed E-state index contributed by atoms with van der Waals surface area (Å²) in [6, 6.07) is 8.90. The molecule has 0 spiro atoms. The third-order valence-electron chi connectivity index (χ3n) is 3.01. The Balaban J connectivity index is 2.39. The number of fused-ring (bicyclic) bond motifs is 1. The number of hydrogen-bond donors (Lipinski definition) is 2. The minimum absolute atomic E-state index is 0.338. The van der Waals surface area contributed by atoms with E-state index >= 15 is 0 Å². The van der Waals surface area contributed by atoms with Crippen molar-refractivity contribution < 1.29 is 0 Å². The summed E-state index contributed by atoms with van der Waals surface area (Å²) in [7, 11) is 0. The highest BCUT2D eigenvalue weighted by molar-refractivity contribution is 5.32. The molecule has 0 radical (unpaired) electrons. The van der Waals surface area contributed by atoms with Crippen LogP contribution in [0.5, 0.6) is 0 Å². The van der Waals surface area contributed by atoms with Crippen LogP contribution >= 0.6 is 0 Å². The van der Waals surface area contributed by atoms with Crippen molar-refractivity contribution in [1.82, 2.24) is 5.43 Å². The maximum Gasteiger partial charge on any atom is 0.0488 e. The van der Waals surface area contributed by atoms with E-state index in [4.69, 9.17) is 5.84 Å². The zero-order chi connectivity index (χ0) is 9.26. The standard InChI is InChI=1S/C11H16N2/c1-8-6-7-9-4-2-3-5-10(9)11(8)13-12/h2-5,8,11,13H,6-7,12H2,1H3. The fraction of sp³-hybridized carbons (Fsp3) is 0.455. The Morgan fingerprint density at radius 3 is 2.92 bits per heavy atom. The van der Waals surface area contributed by atoms with Crippen LogP contribution in [0.15, 0.2) is 24.3 Å².